The van der Waals surface area contributed by atoms with Gasteiger partial charge in [-0.3, -0.25) is 14.9 Å². The lowest BCUT2D eigenvalue weighted by Gasteiger charge is -2.06. The van der Waals surface area contributed by atoms with Gasteiger partial charge in [0.2, 0.25) is 0 Å². The van der Waals surface area contributed by atoms with Gasteiger partial charge in [0.1, 0.15) is 12.0 Å². The van der Waals surface area contributed by atoms with Gasteiger partial charge in [-0.1, -0.05) is 0 Å². The van der Waals surface area contributed by atoms with Gasteiger partial charge in [-0.15, -0.1) is 0 Å². The second kappa shape index (κ2) is 5.66. The number of aromatic nitrogens is 1. The summed E-state index contributed by atoms with van der Waals surface area (Å²) in [5.41, 5.74) is 6.02. The number of nitrogens with zero attached hydrogens (tertiary/aromatic N) is 3. The average molecular weight is 283 g/mol. The maximum atomic E-state index is 12.0. The lowest BCUT2D eigenvalue weighted by molar-refractivity contribution is -0.385. The normalized spacial score (nSPS) is 9.67. The molecule has 8 heteroatoms. The Labute approximate surface area is 119 Å². The largest absolute Gasteiger partial charge is 0.383 e. The van der Waals surface area contributed by atoms with E-state index in [2.05, 4.69) is 10.3 Å². The summed E-state index contributed by atoms with van der Waals surface area (Å²) in [5, 5.41) is 21.9. The number of pyridine rings is 1. The Hall–Kier alpha value is -3.47. The SMILES string of the molecule is N#Cc1ccc(NC(=O)c2cc([N+](=O)[O-])cnc2N)cc1. The topological polar surface area (TPSA) is 135 Å². The van der Waals surface area contributed by atoms with Crippen molar-refractivity contribution in [2.24, 2.45) is 0 Å². The van der Waals surface area contributed by atoms with Gasteiger partial charge in [0.05, 0.1) is 22.1 Å². The van der Waals surface area contributed by atoms with Gasteiger partial charge in [0.25, 0.3) is 11.6 Å². The van der Waals surface area contributed by atoms with E-state index in [0.717, 1.165) is 12.3 Å². The second-order valence-corrected chi connectivity index (χ2v) is 4.03. The third kappa shape index (κ3) is 3.10. The predicted octanol–water partition coefficient (Wildman–Crippen LogP) is 1.70. The van der Waals surface area contributed by atoms with Crippen molar-refractivity contribution in [3.63, 3.8) is 0 Å². The van der Waals surface area contributed by atoms with Gasteiger partial charge in [0.15, 0.2) is 0 Å². The Balaban J connectivity index is 2.25. The molecule has 0 fully saturated rings. The summed E-state index contributed by atoms with van der Waals surface area (Å²) in [7, 11) is 0. The Morgan fingerprint density at radius 3 is 2.62 bits per heavy atom. The molecule has 0 spiro atoms. The van der Waals surface area contributed by atoms with Crippen molar-refractivity contribution < 1.29 is 9.72 Å². The number of nitriles is 1. The molecule has 0 unspecified atom stereocenters. The van der Waals surface area contributed by atoms with Gasteiger partial charge < -0.3 is 11.1 Å². The van der Waals surface area contributed by atoms with E-state index in [1.807, 2.05) is 6.07 Å². The van der Waals surface area contributed by atoms with Crippen molar-refractivity contribution in [3.8, 4) is 6.07 Å². The fourth-order valence-corrected chi connectivity index (χ4v) is 1.57. The van der Waals surface area contributed by atoms with Crippen LogP contribution in [0.3, 0.4) is 0 Å². The highest BCUT2D eigenvalue weighted by molar-refractivity contribution is 6.07. The van der Waals surface area contributed by atoms with Gasteiger partial charge in [-0.05, 0) is 24.3 Å². The van der Waals surface area contributed by atoms with Gasteiger partial charge in [0, 0.05) is 11.8 Å². The number of nitrogens with one attached hydrogen (secondary N) is 1. The first-order valence-corrected chi connectivity index (χ1v) is 5.72. The summed E-state index contributed by atoms with van der Waals surface area (Å²) in [6.45, 7) is 0. The van der Waals surface area contributed by atoms with Crippen molar-refractivity contribution in [1.82, 2.24) is 4.98 Å². The van der Waals surface area contributed by atoms with Gasteiger partial charge >= 0.3 is 0 Å². The first kappa shape index (κ1) is 14.0. The monoisotopic (exact) mass is 283 g/mol. The minimum Gasteiger partial charge on any atom is -0.383 e. The minimum absolute atomic E-state index is 0.0893. The molecular weight excluding hydrogens is 274 g/mol. The fraction of sp³-hybridized carbons (Fsp3) is 0. The number of nitrogen functional groups attached to an aromatic ring is 1. The quantitative estimate of drug-likeness (QED) is 0.650. The summed E-state index contributed by atoms with van der Waals surface area (Å²) >= 11 is 0. The molecule has 0 atom stereocenters. The molecule has 1 heterocycles. The van der Waals surface area contributed by atoms with E-state index >= 15 is 0 Å². The standard InChI is InChI=1S/C13H9N5O3/c14-6-8-1-3-9(4-2-8)17-13(19)11-5-10(18(20)21)7-16-12(11)15/h1-5,7H,(H2,15,16)(H,17,19). The lowest BCUT2D eigenvalue weighted by Crippen LogP contribution is -2.15. The molecule has 1 amide bonds. The highest BCUT2D eigenvalue weighted by atomic mass is 16.6. The van der Waals surface area contributed by atoms with Crippen LogP contribution in [0.4, 0.5) is 17.2 Å². The highest BCUT2D eigenvalue weighted by Crippen LogP contribution is 2.18. The number of carbonyl (C=O) groups excluding carboxylic acids is 1. The van der Waals surface area contributed by atoms with Crippen molar-refractivity contribution in [2.45, 2.75) is 0 Å². The zero-order valence-corrected chi connectivity index (χ0v) is 10.6. The smallest absolute Gasteiger partial charge is 0.288 e. The highest BCUT2D eigenvalue weighted by Gasteiger charge is 2.16. The Kier molecular flexibility index (Phi) is 3.76. The molecule has 8 nitrogen and oxygen atoms in total. The van der Waals surface area contributed by atoms with Crippen LogP contribution in [0.15, 0.2) is 36.5 Å². The van der Waals surface area contributed by atoms with Crippen LogP contribution < -0.4 is 11.1 Å². The molecule has 0 bridgehead atoms. The molecule has 0 aliphatic rings. The van der Waals surface area contributed by atoms with Gasteiger partial charge in [-0.2, -0.15) is 5.26 Å². The van der Waals surface area contributed by atoms with Crippen molar-refractivity contribution in [3.05, 3.63) is 57.8 Å². The molecular formula is C13H9N5O3. The van der Waals surface area contributed by atoms with Gasteiger partial charge in [-0.25, -0.2) is 4.98 Å². The molecule has 2 aromatic rings. The molecule has 0 radical (unpaired) electrons. The number of hydrogen-bond acceptors (Lipinski definition) is 6. The average Bonchev–Trinajstić information content (AvgIpc) is 2.48. The number of amides is 1. The number of nitro groups is 1. The third-order valence-corrected chi connectivity index (χ3v) is 2.63. The van der Waals surface area contributed by atoms with Crippen LogP contribution in [0, 0.1) is 21.4 Å². The van der Waals surface area contributed by atoms with E-state index < -0.39 is 10.8 Å². The van der Waals surface area contributed by atoms with Crippen molar-refractivity contribution >= 4 is 23.1 Å². The number of nitrogens with two attached hydrogens (primary N) is 1. The number of benzene rings is 1. The van der Waals surface area contributed by atoms with E-state index in [4.69, 9.17) is 11.0 Å². The van der Waals surface area contributed by atoms with Crippen LogP contribution in [-0.4, -0.2) is 15.8 Å². The van der Waals surface area contributed by atoms with Crippen LogP contribution in [0.2, 0.25) is 0 Å². The summed E-state index contributed by atoms with van der Waals surface area (Å²) in [6, 6.07) is 9.15. The lowest BCUT2D eigenvalue weighted by atomic mass is 10.2. The third-order valence-electron chi connectivity index (χ3n) is 2.63. The second-order valence-electron chi connectivity index (χ2n) is 4.03. The van der Waals surface area contributed by atoms with Crippen molar-refractivity contribution in [2.75, 3.05) is 11.1 Å². The van der Waals surface area contributed by atoms with Crippen LogP contribution in [0.1, 0.15) is 15.9 Å². The molecule has 0 saturated carbocycles. The summed E-state index contributed by atoms with van der Waals surface area (Å²) in [6.07, 6.45) is 0.980. The van der Waals surface area contributed by atoms with Crippen LogP contribution in [0.5, 0.6) is 0 Å². The predicted molar refractivity (Wildman–Crippen MR) is 74.4 cm³/mol. The zero-order valence-electron chi connectivity index (χ0n) is 10.6. The number of rotatable bonds is 3. The molecule has 1 aromatic carbocycles. The Bertz CT molecular complexity index is 749. The minimum atomic E-state index is -0.662. The summed E-state index contributed by atoms with van der Waals surface area (Å²) in [4.78, 5) is 25.7. The Morgan fingerprint density at radius 1 is 1.38 bits per heavy atom. The van der Waals surface area contributed by atoms with E-state index in [-0.39, 0.29) is 17.1 Å². The molecule has 2 rings (SSSR count). The number of anilines is 2. The fourth-order valence-electron chi connectivity index (χ4n) is 1.57. The molecule has 0 aliphatic carbocycles. The van der Waals surface area contributed by atoms with Crippen molar-refractivity contribution in [1.29, 1.82) is 5.26 Å². The molecule has 0 aliphatic heterocycles. The first-order chi connectivity index (χ1) is 10.0. The van der Waals surface area contributed by atoms with E-state index in [0.29, 0.717) is 11.3 Å². The summed E-state index contributed by atoms with van der Waals surface area (Å²) < 4.78 is 0. The molecule has 0 saturated heterocycles. The molecule has 21 heavy (non-hydrogen) atoms. The first-order valence-electron chi connectivity index (χ1n) is 5.72. The maximum absolute atomic E-state index is 12.0. The molecule has 3 N–H and O–H groups in total. The van der Waals surface area contributed by atoms with E-state index in [1.54, 1.807) is 0 Å². The van der Waals surface area contributed by atoms with E-state index in [9.17, 15) is 14.9 Å². The van der Waals surface area contributed by atoms with Crippen LogP contribution in [-0.2, 0) is 0 Å². The number of carbonyl (C=O) groups is 1. The summed E-state index contributed by atoms with van der Waals surface area (Å²) in [5.74, 6) is -0.722. The zero-order chi connectivity index (χ0) is 15.4. The van der Waals surface area contributed by atoms with Crippen LogP contribution >= 0.6 is 0 Å². The molecule has 1 aromatic heterocycles. The maximum Gasteiger partial charge on any atom is 0.288 e. The molecule has 104 valence electrons. The van der Waals surface area contributed by atoms with E-state index in [1.165, 1.54) is 24.3 Å². The van der Waals surface area contributed by atoms with Crippen LogP contribution in [0.25, 0.3) is 0 Å². The number of hydrogen-bond donors (Lipinski definition) is 2. The Morgan fingerprint density at radius 2 is 2.05 bits per heavy atom.